The molecule has 1 spiro atoms. The van der Waals surface area contributed by atoms with Crippen LogP contribution in [0.2, 0.25) is 0 Å². The molecule has 3 heteroatoms. The lowest BCUT2D eigenvalue weighted by Crippen LogP contribution is -2.41. The van der Waals surface area contributed by atoms with Gasteiger partial charge in [0.25, 0.3) is 0 Å². The second kappa shape index (κ2) is 5.30. The molecule has 1 saturated heterocycles. The molecule has 2 fully saturated rings. The van der Waals surface area contributed by atoms with Gasteiger partial charge in [-0.05, 0) is 39.5 Å². The molecule has 0 N–H and O–H groups in total. The van der Waals surface area contributed by atoms with Crippen molar-refractivity contribution in [2.75, 3.05) is 13.7 Å². The largest absolute Gasteiger partial charge is 0.378 e. The summed E-state index contributed by atoms with van der Waals surface area (Å²) >= 11 is 0. The topological polar surface area (TPSA) is 35.5 Å². The van der Waals surface area contributed by atoms with Crippen molar-refractivity contribution in [3.63, 3.8) is 0 Å². The van der Waals surface area contributed by atoms with E-state index < -0.39 is 0 Å². The Labute approximate surface area is 110 Å². The van der Waals surface area contributed by atoms with Gasteiger partial charge in [-0.3, -0.25) is 4.79 Å². The molecule has 1 heterocycles. The number of ether oxygens (including phenoxy) is 2. The number of methoxy groups -OCH3 is 1. The van der Waals surface area contributed by atoms with Gasteiger partial charge in [0, 0.05) is 26.1 Å². The van der Waals surface area contributed by atoms with Gasteiger partial charge < -0.3 is 9.47 Å². The SMILES string of the molecule is COC(C)(C)CC(=O)C1CCOC2(CCCC2)C1. The lowest BCUT2D eigenvalue weighted by Gasteiger charge is -2.38. The van der Waals surface area contributed by atoms with E-state index in [9.17, 15) is 4.79 Å². The highest BCUT2D eigenvalue weighted by Crippen LogP contribution is 2.42. The van der Waals surface area contributed by atoms with Crippen molar-refractivity contribution in [1.29, 1.82) is 0 Å². The highest BCUT2D eigenvalue weighted by molar-refractivity contribution is 5.82. The zero-order chi connectivity index (χ0) is 13.2. The molecule has 0 aromatic heterocycles. The van der Waals surface area contributed by atoms with Crippen LogP contribution < -0.4 is 0 Å². The Morgan fingerprint density at radius 3 is 2.67 bits per heavy atom. The molecule has 1 saturated carbocycles. The van der Waals surface area contributed by atoms with E-state index in [1.165, 1.54) is 12.8 Å². The van der Waals surface area contributed by atoms with E-state index in [2.05, 4.69) is 0 Å². The maximum absolute atomic E-state index is 12.4. The minimum absolute atomic E-state index is 0.0375. The van der Waals surface area contributed by atoms with Crippen LogP contribution in [0.1, 0.15) is 58.8 Å². The second-order valence-electron chi connectivity index (χ2n) is 6.54. The molecule has 2 aliphatic rings. The Balaban J connectivity index is 1.94. The first-order valence-electron chi connectivity index (χ1n) is 7.18. The van der Waals surface area contributed by atoms with Crippen molar-refractivity contribution in [1.82, 2.24) is 0 Å². The predicted molar refractivity (Wildman–Crippen MR) is 70.6 cm³/mol. The van der Waals surface area contributed by atoms with E-state index in [-0.39, 0.29) is 17.1 Å². The summed E-state index contributed by atoms with van der Waals surface area (Å²) in [6.07, 6.45) is 7.14. The third-order valence-corrected chi connectivity index (χ3v) is 4.62. The fourth-order valence-electron chi connectivity index (χ4n) is 3.31. The third kappa shape index (κ3) is 3.12. The number of ketones is 1. The highest BCUT2D eigenvalue weighted by Gasteiger charge is 2.42. The van der Waals surface area contributed by atoms with E-state index >= 15 is 0 Å². The van der Waals surface area contributed by atoms with E-state index in [1.807, 2.05) is 13.8 Å². The van der Waals surface area contributed by atoms with Gasteiger partial charge in [0.15, 0.2) is 0 Å². The molecule has 1 unspecified atom stereocenters. The zero-order valence-electron chi connectivity index (χ0n) is 12.0. The summed E-state index contributed by atoms with van der Waals surface area (Å²) in [6.45, 7) is 4.72. The third-order valence-electron chi connectivity index (χ3n) is 4.62. The van der Waals surface area contributed by atoms with Gasteiger partial charge >= 0.3 is 0 Å². The predicted octanol–water partition coefficient (Wildman–Crippen LogP) is 3.11. The summed E-state index contributed by atoms with van der Waals surface area (Å²) in [4.78, 5) is 12.4. The molecule has 0 aromatic rings. The van der Waals surface area contributed by atoms with Crippen LogP contribution in [0.4, 0.5) is 0 Å². The Morgan fingerprint density at radius 2 is 2.06 bits per heavy atom. The smallest absolute Gasteiger partial charge is 0.139 e. The molecule has 0 radical (unpaired) electrons. The van der Waals surface area contributed by atoms with E-state index in [0.717, 1.165) is 32.3 Å². The van der Waals surface area contributed by atoms with Crippen LogP contribution in [0.15, 0.2) is 0 Å². The monoisotopic (exact) mass is 254 g/mol. The van der Waals surface area contributed by atoms with Crippen LogP contribution in [0.3, 0.4) is 0 Å². The molecule has 1 aliphatic heterocycles. The molecule has 1 atom stereocenters. The minimum atomic E-state index is -0.335. The van der Waals surface area contributed by atoms with Gasteiger partial charge in [0.05, 0.1) is 11.2 Å². The summed E-state index contributed by atoms with van der Waals surface area (Å²) < 4.78 is 11.3. The van der Waals surface area contributed by atoms with E-state index in [1.54, 1.807) is 7.11 Å². The summed E-state index contributed by atoms with van der Waals surface area (Å²) in [6, 6.07) is 0. The molecule has 3 nitrogen and oxygen atoms in total. The first-order valence-corrected chi connectivity index (χ1v) is 7.18. The van der Waals surface area contributed by atoms with Crippen molar-refractivity contribution in [2.45, 2.75) is 70.0 Å². The highest BCUT2D eigenvalue weighted by atomic mass is 16.5. The van der Waals surface area contributed by atoms with Gasteiger partial charge in [-0.2, -0.15) is 0 Å². The van der Waals surface area contributed by atoms with Crippen molar-refractivity contribution in [2.24, 2.45) is 5.92 Å². The Hall–Kier alpha value is -0.410. The summed E-state index contributed by atoms with van der Waals surface area (Å²) in [5.41, 5.74) is -0.298. The Bertz CT molecular complexity index is 303. The number of rotatable bonds is 4. The summed E-state index contributed by atoms with van der Waals surface area (Å²) in [5, 5.41) is 0. The fourth-order valence-corrected chi connectivity index (χ4v) is 3.31. The van der Waals surface area contributed by atoms with Crippen molar-refractivity contribution in [3.8, 4) is 0 Å². The average Bonchev–Trinajstić information content (AvgIpc) is 2.77. The summed E-state index contributed by atoms with van der Waals surface area (Å²) in [7, 11) is 1.68. The number of hydrogen-bond donors (Lipinski definition) is 0. The van der Waals surface area contributed by atoms with Crippen molar-refractivity contribution < 1.29 is 14.3 Å². The van der Waals surface area contributed by atoms with Gasteiger partial charge in [0.2, 0.25) is 0 Å². The Kier molecular flexibility index (Phi) is 4.12. The molecule has 18 heavy (non-hydrogen) atoms. The van der Waals surface area contributed by atoms with Gasteiger partial charge in [-0.25, -0.2) is 0 Å². The van der Waals surface area contributed by atoms with Crippen LogP contribution in [-0.2, 0) is 14.3 Å². The first-order chi connectivity index (χ1) is 8.46. The molecule has 1 aliphatic carbocycles. The first kappa shape index (κ1) is 14.0. The molecular weight excluding hydrogens is 228 g/mol. The lowest BCUT2D eigenvalue weighted by molar-refractivity contribution is -0.140. The van der Waals surface area contributed by atoms with Crippen molar-refractivity contribution in [3.05, 3.63) is 0 Å². The van der Waals surface area contributed by atoms with E-state index in [0.29, 0.717) is 12.2 Å². The molecule has 0 amide bonds. The molecule has 104 valence electrons. The van der Waals surface area contributed by atoms with Crippen LogP contribution in [-0.4, -0.2) is 30.7 Å². The van der Waals surface area contributed by atoms with Gasteiger partial charge in [-0.1, -0.05) is 12.8 Å². The molecule has 0 bridgehead atoms. The second-order valence-corrected chi connectivity index (χ2v) is 6.54. The van der Waals surface area contributed by atoms with Crippen molar-refractivity contribution >= 4 is 5.78 Å². The quantitative estimate of drug-likeness (QED) is 0.773. The van der Waals surface area contributed by atoms with Crippen LogP contribution in [0, 0.1) is 5.92 Å². The number of carbonyl (C=O) groups is 1. The van der Waals surface area contributed by atoms with Gasteiger partial charge in [0.1, 0.15) is 5.78 Å². The van der Waals surface area contributed by atoms with Crippen LogP contribution in [0.25, 0.3) is 0 Å². The normalized spacial score (nSPS) is 27.6. The Morgan fingerprint density at radius 1 is 1.39 bits per heavy atom. The average molecular weight is 254 g/mol. The molecule has 2 rings (SSSR count). The van der Waals surface area contributed by atoms with Crippen LogP contribution >= 0.6 is 0 Å². The van der Waals surface area contributed by atoms with Crippen LogP contribution in [0.5, 0.6) is 0 Å². The molecule has 0 aromatic carbocycles. The number of Topliss-reactive ketones (excluding diaryl/α,β-unsaturated/α-hetero) is 1. The fraction of sp³-hybridized carbons (Fsp3) is 0.933. The minimum Gasteiger partial charge on any atom is -0.378 e. The summed E-state index contributed by atoms with van der Waals surface area (Å²) in [5.74, 6) is 0.544. The standard InChI is InChI=1S/C15H26O3/c1-14(2,17-3)11-13(16)12-6-9-18-15(10-12)7-4-5-8-15/h12H,4-11H2,1-3H3. The zero-order valence-corrected chi connectivity index (χ0v) is 12.0. The molecular formula is C15H26O3. The number of hydrogen-bond acceptors (Lipinski definition) is 3. The van der Waals surface area contributed by atoms with E-state index in [4.69, 9.17) is 9.47 Å². The number of carbonyl (C=O) groups excluding carboxylic acids is 1. The lowest BCUT2D eigenvalue weighted by atomic mass is 9.80. The van der Waals surface area contributed by atoms with Gasteiger partial charge in [-0.15, -0.1) is 0 Å². The maximum atomic E-state index is 12.4. The maximum Gasteiger partial charge on any atom is 0.139 e.